The lowest BCUT2D eigenvalue weighted by atomic mass is 9.60. The van der Waals surface area contributed by atoms with Crippen LogP contribution in [0.4, 0.5) is 0 Å². The third-order valence-electron chi connectivity index (χ3n) is 5.49. The van der Waals surface area contributed by atoms with Gasteiger partial charge in [0.25, 0.3) is 6.47 Å². The van der Waals surface area contributed by atoms with Gasteiger partial charge in [0.15, 0.2) is 0 Å². The fourth-order valence-electron chi connectivity index (χ4n) is 3.03. The first-order valence-corrected chi connectivity index (χ1v) is 8.44. The molecule has 0 spiro atoms. The zero-order chi connectivity index (χ0) is 18.3. The lowest BCUT2D eigenvalue weighted by Crippen LogP contribution is -2.40. The molecule has 1 atom stereocenters. The number of rotatable bonds is 5. The van der Waals surface area contributed by atoms with Gasteiger partial charge in [-0.05, 0) is 23.7 Å². The van der Waals surface area contributed by atoms with Gasteiger partial charge < -0.3 is 14.6 Å². The van der Waals surface area contributed by atoms with Crippen LogP contribution in [-0.4, -0.2) is 30.4 Å². The Bertz CT molecular complexity index is 375. The third-order valence-corrected chi connectivity index (χ3v) is 5.49. The normalized spacial score (nSPS) is 20.0. The van der Waals surface area contributed by atoms with Gasteiger partial charge in [-0.2, -0.15) is 0 Å². The number of ether oxygens (including phenoxy) is 2. The van der Waals surface area contributed by atoms with E-state index in [0.29, 0.717) is 5.92 Å². The fourth-order valence-corrected chi connectivity index (χ4v) is 3.03. The molecular weight excluding hydrogens is 292 g/mol. The molecular formula is C19H36O4. The van der Waals surface area contributed by atoms with Gasteiger partial charge in [-0.15, -0.1) is 0 Å². The molecule has 4 nitrogen and oxygen atoms in total. The van der Waals surface area contributed by atoms with Gasteiger partial charge in [0.05, 0.1) is 19.0 Å². The molecule has 0 aromatic rings. The van der Waals surface area contributed by atoms with E-state index in [1.807, 2.05) is 0 Å². The van der Waals surface area contributed by atoms with Gasteiger partial charge >= 0.3 is 0 Å². The van der Waals surface area contributed by atoms with Crippen LogP contribution in [0.1, 0.15) is 67.7 Å². The highest BCUT2D eigenvalue weighted by Gasteiger charge is 2.41. The minimum atomic E-state index is -0.250. The molecule has 0 aliphatic carbocycles. The highest BCUT2D eigenvalue weighted by Crippen LogP contribution is 2.49. The average Bonchev–Trinajstić information content (AvgIpc) is 2.37. The highest BCUT2D eigenvalue weighted by molar-refractivity contribution is 5.32. The van der Waals surface area contributed by atoms with Gasteiger partial charge in [0.1, 0.15) is 5.60 Å². The molecule has 136 valence electrons. The van der Waals surface area contributed by atoms with Crippen molar-refractivity contribution >= 4 is 6.47 Å². The largest absolute Gasteiger partial charge is 0.492 e. The van der Waals surface area contributed by atoms with Gasteiger partial charge in [-0.25, -0.2) is 0 Å². The van der Waals surface area contributed by atoms with Gasteiger partial charge in [0, 0.05) is 19.3 Å². The van der Waals surface area contributed by atoms with Crippen molar-refractivity contribution < 1.29 is 19.4 Å². The van der Waals surface area contributed by atoms with Crippen LogP contribution in [0.25, 0.3) is 0 Å². The van der Waals surface area contributed by atoms with Crippen molar-refractivity contribution in [1.29, 1.82) is 0 Å². The van der Waals surface area contributed by atoms with Crippen LogP contribution in [-0.2, 0) is 14.3 Å². The number of hydrogen-bond acceptors (Lipinski definition) is 3. The molecule has 23 heavy (non-hydrogen) atoms. The second kappa shape index (κ2) is 8.72. The molecule has 1 fully saturated rings. The summed E-state index contributed by atoms with van der Waals surface area (Å²) in [5.74, 6) is 1.52. The smallest absolute Gasteiger partial charge is 0.290 e. The second-order valence-electron chi connectivity index (χ2n) is 8.31. The Labute approximate surface area is 142 Å². The maximum Gasteiger partial charge on any atom is 0.290 e. The quantitative estimate of drug-likeness (QED) is 0.577. The maximum absolute atomic E-state index is 8.36. The summed E-state index contributed by atoms with van der Waals surface area (Å²) in [4.78, 5) is 8.36. The van der Waals surface area contributed by atoms with E-state index in [9.17, 15) is 0 Å². The first-order chi connectivity index (χ1) is 10.4. The second-order valence-corrected chi connectivity index (χ2v) is 8.31. The van der Waals surface area contributed by atoms with Crippen LogP contribution in [0.2, 0.25) is 0 Å². The van der Waals surface area contributed by atoms with Crippen molar-refractivity contribution in [3.05, 3.63) is 12.3 Å². The van der Waals surface area contributed by atoms with Gasteiger partial charge in [-0.1, -0.05) is 48.1 Å². The number of carbonyl (C=O) groups is 1. The van der Waals surface area contributed by atoms with E-state index < -0.39 is 0 Å². The summed E-state index contributed by atoms with van der Waals surface area (Å²) in [6.07, 6.45) is 2.84. The zero-order valence-corrected chi connectivity index (χ0v) is 16.1. The summed E-state index contributed by atoms with van der Waals surface area (Å²) < 4.78 is 11.7. The SMILES string of the molecule is C=C(CC(C)(C(C)C)C(C)(C)C)OC1(C)CCOCC1.O=CO. The Morgan fingerprint density at radius 2 is 1.74 bits per heavy atom. The highest BCUT2D eigenvalue weighted by atomic mass is 16.5. The zero-order valence-electron chi connectivity index (χ0n) is 16.1. The Morgan fingerprint density at radius 3 is 2.09 bits per heavy atom. The molecule has 0 bridgehead atoms. The van der Waals surface area contributed by atoms with E-state index in [0.717, 1.165) is 38.2 Å². The number of allylic oxidation sites excluding steroid dienone is 1. The van der Waals surface area contributed by atoms with E-state index in [-0.39, 0.29) is 22.9 Å². The molecule has 1 aliphatic rings. The molecule has 0 aromatic carbocycles. The molecule has 0 amide bonds. The average molecular weight is 328 g/mol. The first kappa shape index (κ1) is 22.0. The Morgan fingerprint density at radius 1 is 1.30 bits per heavy atom. The summed E-state index contributed by atoms with van der Waals surface area (Å²) in [6, 6.07) is 0. The molecule has 0 saturated carbocycles. The Hall–Kier alpha value is -1.03. The third kappa shape index (κ3) is 6.54. The van der Waals surface area contributed by atoms with E-state index in [2.05, 4.69) is 55.0 Å². The van der Waals surface area contributed by atoms with Crippen molar-refractivity contribution in [2.24, 2.45) is 16.7 Å². The van der Waals surface area contributed by atoms with E-state index in [4.69, 9.17) is 19.4 Å². The van der Waals surface area contributed by atoms with Crippen LogP contribution in [0.5, 0.6) is 0 Å². The topological polar surface area (TPSA) is 55.8 Å². The van der Waals surface area contributed by atoms with Crippen LogP contribution in [0.3, 0.4) is 0 Å². The predicted octanol–water partition coefficient (Wildman–Crippen LogP) is 4.89. The van der Waals surface area contributed by atoms with Crippen LogP contribution in [0.15, 0.2) is 12.3 Å². The molecule has 1 saturated heterocycles. The first-order valence-electron chi connectivity index (χ1n) is 8.44. The molecule has 1 aliphatic heterocycles. The summed E-state index contributed by atoms with van der Waals surface area (Å²) in [6.45, 7) is 21.6. The Kier molecular flexibility index (Phi) is 8.33. The summed E-state index contributed by atoms with van der Waals surface area (Å²) >= 11 is 0. The molecule has 1 rings (SSSR count). The predicted molar refractivity (Wildman–Crippen MR) is 94.4 cm³/mol. The minimum absolute atomic E-state index is 0.0922. The number of hydrogen-bond donors (Lipinski definition) is 1. The monoisotopic (exact) mass is 328 g/mol. The summed E-state index contributed by atoms with van der Waals surface area (Å²) in [7, 11) is 0. The van der Waals surface area contributed by atoms with Crippen molar-refractivity contribution in [2.75, 3.05) is 13.2 Å². The molecule has 4 heteroatoms. The fraction of sp³-hybridized carbons (Fsp3) is 0.842. The molecule has 1 N–H and O–H groups in total. The number of carboxylic acid groups (broad SMARTS) is 1. The van der Waals surface area contributed by atoms with Crippen LogP contribution < -0.4 is 0 Å². The van der Waals surface area contributed by atoms with Crippen LogP contribution in [0, 0.1) is 16.7 Å². The van der Waals surface area contributed by atoms with Gasteiger partial charge in [0.2, 0.25) is 0 Å². The standard InChI is InChI=1S/C18H34O2.CH2O2/c1-14(2)18(8,16(4,5)6)13-15(3)20-17(7)9-11-19-12-10-17;2-1-3/h14H,3,9-13H2,1-2,4-8H3;1H,(H,2,3). The van der Waals surface area contributed by atoms with E-state index >= 15 is 0 Å². The van der Waals surface area contributed by atoms with Crippen molar-refractivity contribution in [2.45, 2.75) is 73.3 Å². The summed E-state index contributed by atoms with van der Waals surface area (Å²) in [5.41, 5.74) is 0.320. The molecule has 0 radical (unpaired) electrons. The van der Waals surface area contributed by atoms with Crippen LogP contribution >= 0.6 is 0 Å². The summed E-state index contributed by atoms with van der Waals surface area (Å²) in [5, 5.41) is 6.89. The lowest BCUT2D eigenvalue weighted by Gasteiger charge is -2.47. The molecule has 1 unspecified atom stereocenters. The maximum atomic E-state index is 8.36. The van der Waals surface area contributed by atoms with E-state index in [1.54, 1.807) is 0 Å². The minimum Gasteiger partial charge on any atom is -0.492 e. The van der Waals surface area contributed by atoms with Crippen molar-refractivity contribution in [1.82, 2.24) is 0 Å². The van der Waals surface area contributed by atoms with Crippen molar-refractivity contribution in [3.63, 3.8) is 0 Å². The Balaban J connectivity index is 0.00000149. The van der Waals surface area contributed by atoms with Crippen molar-refractivity contribution in [3.8, 4) is 0 Å². The lowest BCUT2D eigenvalue weighted by molar-refractivity contribution is -0.122. The molecule has 1 heterocycles. The molecule has 0 aromatic heterocycles. The van der Waals surface area contributed by atoms with Gasteiger partial charge in [-0.3, -0.25) is 4.79 Å². The van der Waals surface area contributed by atoms with E-state index in [1.165, 1.54) is 0 Å².